The molecule has 0 saturated carbocycles. The van der Waals surface area contributed by atoms with Crippen LogP contribution in [0.3, 0.4) is 0 Å². The van der Waals surface area contributed by atoms with Gasteiger partial charge in [-0.25, -0.2) is 9.78 Å². The molecule has 1 aromatic carbocycles. The van der Waals surface area contributed by atoms with Gasteiger partial charge >= 0.3 is 5.97 Å². The molecule has 0 aliphatic carbocycles. The van der Waals surface area contributed by atoms with E-state index >= 15 is 0 Å². The Bertz CT molecular complexity index is 641. The Morgan fingerprint density at radius 2 is 2.00 bits per heavy atom. The first-order chi connectivity index (χ1) is 8.95. The Morgan fingerprint density at radius 1 is 1.26 bits per heavy atom. The number of hydrogen-bond donors (Lipinski definition) is 1. The van der Waals surface area contributed by atoms with Gasteiger partial charge in [-0.3, -0.25) is 0 Å². The maximum atomic E-state index is 11.0. The second-order valence-electron chi connectivity index (χ2n) is 4.15. The number of carboxylic acids is 1. The summed E-state index contributed by atoms with van der Waals surface area (Å²) in [6, 6.07) is 8.43. The number of aromatic nitrogens is 1. The maximum Gasteiger partial charge on any atom is 0.335 e. The van der Waals surface area contributed by atoms with Crippen molar-refractivity contribution in [2.45, 2.75) is 13.8 Å². The van der Waals surface area contributed by atoms with Crippen LogP contribution >= 0.6 is 15.9 Å². The van der Waals surface area contributed by atoms with Crippen LogP contribution in [0.15, 0.2) is 34.8 Å². The monoisotopic (exact) mass is 321 g/mol. The van der Waals surface area contributed by atoms with Gasteiger partial charge in [0.1, 0.15) is 5.75 Å². The molecule has 0 atom stereocenters. The first kappa shape index (κ1) is 13.5. The maximum absolute atomic E-state index is 11.0. The number of aromatic carboxylic acids is 1. The lowest BCUT2D eigenvalue weighted by atomic mass is 10.2. The summed E-state index contributed by atoms with van der Waals surface area (Å²) in [7, 11) is 0. The topological polar surface area (TPSA) is 59.4 Å². The highest BCUT2D eigenvalue weighted by Gasteiger charge is 2.08. The minimum Gasteiger partial charge on any atom is -0.478 e. The third-order valence-electron chi connectivity index (χ3n) is 2.53. The van der Waals surface area contributed by atoms with E-state index in [1.165, 1.54) is 12.1 Å². The fourth-order valence-electron chi connectivity index (χ4n) is 1.62. The molecule has 5 heteroatoms. The van der Waals surface area contributed by atoms with Crippen molar-refractivity contribution < 1.29 is 14.6 Å². The smallest absolute Gasteiger partial charge is 0.335 e. The molecule has 98 valence electrons. The molecule has 0 unspecified atom stereocenters. The Labute approximate surface area is 119 Å². The summed E-state index contributed by atoms with van der Waals surface area (Å²) in [5, 5.41) is 8.99. The zero-order valence-corrected chi connectivity index (χ0v) is 12.1. The van der Waals surface area contributed by atoms with E-state index in [1.54, 1.807) is 13.0 Å². The fourth-order valence-corrected chi connectivity index (χ4v) is 1.86. The van der Waals surface area contributed by atoms with Crippen LogP contribution in [0.4, 0.5) is 0 Å². The summed E-state index contributed by atoms with van der Waals surface area (Å²) >= 11 is 3.41. The molecule has 4 nitrogen and oxygen atoms in total. The zero-order chi connectivity index (χ0) is 14.0. The Hall–Kier alpha value is -1.88. The molecule has 19 heavy (non-hydrogen) atoms. The first-order valence-electron chi connectivity index (χ1n) is 5.61. The van der Waals surface area contributed by atoms with Gasteiger partial charge in [-0.2, -0.15) is 0 Å². The molecule has 0 aliphatic heterocycles. The Morgan fingerprint density at radius 3 is 2.63 bits per heavy atom. The van der Waals surface area contributed by atoms with E-state index in [9.17, 15) is 4.79 Å². The molecule has 1 heterocycles. The molecule has 2 aromatic rings. The standard InChI is InChI=1S/C14H12BrNO3/c1-8-5-11(3-4-12(8)15)19-13-7-10(14(17)18)6-9(2)16-13/h3-7H,1-2H3,(H,17,18). The van der Waals surface area contributed by atoms with Crippen LogP contribution < -0.4 is 4.74 Å². The number of aryl methyl sites for hydroxylation is 2. The van der Waals surface area contributed by atoms with Gasteiger partial charge in [0.15, 0.2) is 0 Å². The predicted octanol–water partition coefficient (Wildman–Crippen LogP) is 3.95. The van der Waals surface area contributed by atoms with Gasteiger partial charge < -0.3 is 9.84 Å². The molecule has 1 aromatic heterocycles. The van der Waals surface area contributed by atoms with E-state index in [2.05, 4.69) is 20.9 Å². The number of carboxylic acid groups (broad SMARTS) is 1. The van der Waals surface area contributed by atoms with E-state index in [1.807, 2.05) is 19.1 Å². The van der Waals surface area contributed by atoms with Crippen molar-refractivity contribution in [1.29, 1.82) is 0 Å². The molecule has 1 N–H and O–H groups in total. The lowest BCUT2D eigenvalue weighted by Crippen LogP contribution is -2.00. The number of nitrogens with zero attached hydrogens (tertiary/aromatic N) is 1. The predicted molar refractivity (Wildman–Crippen MR) is 74.9 cm³/mol. The van der Waals surface area contributed by atoms with Crippen molar-refractivity contribution >= 4 is 21.9 Å². The quantitative estimate of drug-likeness (QED) is 0.929. The highest BCUT2D eigenvalue weighted by Crippen LogP contribution is 2.25. The van der Waals surface area contributed by atoms with E-state index in [0.29, 0.717) is 11.4 Å². The fraction of sp³-hybridized carbons (Fsp3) is 0.143. The second-order valence-corrected chi connectivity index (χ2v) is 5.01. The van der Waals surface area contributed by atoms with Crippen molar-refractivity contribution in [1.82, 2.24) is 4.98 Å². The van der Waals surface area contributed by atoms with Gasteiger partial charge in [0, 0.05) is 16.2 Å². The lowest BCUT2D eigenvalue weighted by Gasteiger charge is -2.08. The average molecular weight is 322 g/mol. The van der Waals surface area contributed by atoms with Crippen LogP contribution in [0, 0.1) is 13.8 Å². The number of halogens is 1. The first-order valence-corrected chi connectivity index (χ1v) is 6.41. The zero-order valence-electron chi connectivity index (χ0n) is 10.5. The highest BCUT2D eigenvalue weighted by atomic mass is 79.9. The van der Waals surface area contributed by atoms with Crippen molar-refractivity contribution in [2.75, 3.05) is 0 Å². The molecule has 0 aliphatic rings. The summed E-state index contributed by atoms with van der Waals surface area (Å²) in [6.07, 6.45) is 0. The molecule has 0 saturated heterocycles. The lowest BCUT2D eigenvalue weighted by molar-refractivity contribution is 0.0696. The molecular formula is C14H12BrNO3. The number of benzene rings is 1. The van der Waals surface area contributed by atoms with Crippen LogP contribution in [-0.4, -0.2) is 16.1 Å². The summed E-state index contributed by atoms with van der Waals surface area (Å²) in [4.78, 5) is 15.1. The molecular weight excluding hydrogens is 310 g/mol. The molecule has 2 rings (SSSR count). The minimum absolute atomic E-state index is 0.163. The van der Waals surface area contributed by atoms with Gasteiger partial charge in [0.05, 0.1) is 5.56 Å². The van der Waals surface area contributed by atoms with Crippen molar-refractivity contribution in [3.05, 3.63) is 51.6 Å². The largest absolute Gasteiger partial charge is 0.478 e. The normalized spacial score (nSPS) is 10.3. The molecule has 0 radical (unpaired) electrons. The van der Waals surface area contributed by atoms with Crippen molar-refractivity contribution in [3.8, 4) is 11.6 Å². The third kappa shape index (κ3) is 3.32. The van der Waals surface area contributed by atoms with E-state index in [4.69, 9.17) is 9.84 Å². The summed E-state index contributed by atoms with van der Waals surface area (Å²) in [5.41, 5.74) is 1.80. The Kier molecular flexibility index (Phi) is 3.85. The Balaban J connectivity index is 2.32. The van der Waals surface area contributed by atoms with Crippen molar-refractivity contribution in [2.24, 2.45) is 0 Å². The highest BCUT2D eigenvalue weighted by molar-refractivity contribution is 9.10. The minimum atomic E-state index is -0.998. The number of carbonyl (C=O) groups is 1. The van der Waals surface area contributed by atoms with Gasteiger partial charge in [0.25, 0.3) is 0 Å². The molecule has 0 amide bonds. The number of hydrogen-bond acceptors (Lipinski definition) is 3. The van der Waals surface area contributed by atoms with Crippen LogP contribution in [0.2, 0.25) is 0 Å². The van der Waals surface area contributed by atoms with Gasteiger partial charge in [-0.05, 0) is 43.7 Å². The SMILES string of the molecule is Cc1cc(C(=O)O)cc(Oc2ccc(Br)c(C)c2)n1. The van der Waals surface area contributed by atoms with Crippen molar-refractivity contribution in [3.63, 3.8) is 0 Å². The van der Waals surface area contributed by atoms with Gasteiger partial charge in [-0.15, -0.1) is 0 Å². The average Bonchev–Trinajstić information content (AvgIpc) is 2.33. The molecule has 0 fully saturated rings. The van der Waals surface area contributed by atoms with Crippen LogP contribution in [0.25, 0.3) is 0 Å². The summed E-state index contributed by atoms with van der Waals surface area (Å²) in [5.74, 6) is -0.100. The van der Waals surface area contributed by atoms with E-state index in [0.717, 1.165) is 10.0 Å². The van der Waals surface area contributed by atoms with Gasteiger partial charge in [0.2, 0.25) is 5.88 Å². The number of pyridine rings is 1. The second kappa shape index (κ2) is 5.40. The number of rotatable bonds is 3. The van der Waals surface area contributed by atoms with E-state index in [-0.39, 0.29) is 11.4 Å². The summed E-state index contributed by atoms with van der Waals surface area (Å²) in [6.45, 7) is 3.68. The third-order valence-corrected chi connectivity index (χ3v) is 3.42. The van der Waals surface area contributed by atoms with Crippen LogP contribution in [0.1, 0.15) is 21.6 Å². The molecule has 0 spiro atoms. The van der Waals surface area contributed by atoms with Crippen LogP contribution in [-0.2, 0) is 0 Å². The van der Waals surface area contributed by atoms with Crippen LogP contribution in [0.5, 0.6) is 11.6 Å². The van der Waals surface area contributed by atoms with E-state index < -0.39 is 5.97 Å². The molecule has 0 bridgehead atoms. The summed E-state index contributed by atoms with van der Waals surface area (Å²) < 4.78 is 6.58. The van der Waals surface area contributed by atoms with Gasteiger partial charge in [-0.1, -0.05) is 15.9 Å². The number of ether oxygens (including phenoxy) is 1.